The molecule has 9 heteroatoms. The number of hydrogen-bond donors (Lipinski definition) is 0. The molecule has 6 aliphatic heterocycles. The Balaban J connectivity index is 0.000000122. The van der Waals surface area contributed by atoms with Crippen LogP contribution < -0.4 is 0 Å². The van der Waals surface area contributed by atoms with Gasteiger partial charge in [0.1, 0.15) is 17.3 Å². The van der Waals surface area contributed by atoms with E-state index in [-0.39, 0.29) is 24.2 Å². The monoisotopic (exact) mass is 1390 g/mol. The van der Waals surface area contributed by atoms with Crippen LogP contribution in [0.1, 0.15) is 303 Å². The van der Waals surface area contributed by atoms with Crippen molar-refractivity contribution in [3.05, 3.63) is 45.7 Å². The third-order valence-corrected chi connectivity index (χ3v) is 36.0. The third kappa shape index (κ3) is 12.1. The Morgan fingerprint density at radius 2 is 0.812 bits per heavy atom. The second kappa shape index (κ2) is 27.3. The highest BCUT2D eigenvalue weighted by atomic mass is 16.5. The Morgan fingerprint density at radius 3 is 1.20 bits per heavy atom. The van der Waals surface area contributed by atoms with Crippen LogP contribution in [-0.4, -0.2) is 119 Å². The molecule has 0 aromatic rings. The fourth-order valence-corrected chi connectivity index (χ4v) is 31.0. The Hall–Kier alpha value is -2.43. The molecule has 12 aliphatic carbocycles. The average molecular weight is 1390 g/mol. The molecule has 0 radical (unpaired) electrons. The molecule has 9 saturated carbocycles. The highest BCUT2D eigenvalue weighted by molar-refractivity contribution is 5.80. The Labute approximate surface area is 615 Å². The topological polar surface area (TPSA) is 88.6 Å². The Kier molecular flexibility index (Phi) is 20.0. The van der Waals surface area contributed by atoms with E-state index in [0.29, 0.717) is 111 Å². The van der Waals surface area contributed by atoms with E-state index in [1.165, 1.54) is 154 Å². The van der Waals surface area contributed by atoms with Gasteiger partial charge in [-0.25, -0.2) is 0 Å². The summed E-state index contributed by atoms with van der Waals surface area (Å²) in [6.07, 6.45) is 37.7. The van der Waals surface area contributed by atoms with Gasteiger partial charge in [0.15, 0.2) is 0 Å². The SMILES string of the molecule is C.C=C(C)N1C[C@@H](C)C[C@H]2O[C@]3(CC[C@@H]4C(=C(C)C3)C[C@H]3[C@H]4CC[C@@H]4CC(=O)CC[C@@]43C)[C@H](C)[C@@H]21.CC1=C2C[C@H]3[C@@H](CC[C@@H]4CC(=O)CC[C@@]43C)[C@@H]2CC[C@@]2(C1)O[C@@H]1C[C@H](C)CN(C)[C@H]1[C@H]2C.CCCN1C[C@@H](C)C[C@H]2O[C@]3(CC[C@@H]4C(=C(C)C3)C[C@H]3[C@H]4CC[C@@H]4CC(=O)CC[C@@]43C)[C@H](C)[C@@H]21. The van der Waals surface area contributed by atoms with Crippen molar-refractivity contribution in [2.24, 2.45) is 123 Å². The summed E-state index contributed by atoms with van der Waals surface area (Å²) < 4.78 is 21.5. The zero-order chi connectivity index (χ0) is 70.2. The van der Waals surface area contributed by atoms with Gasteiger partial charge in [-0.3, -0.25) is 19.3 Å². The summed E-state index contributed by atoms with van der Waals surface area (Å²) in [5.74, 6) is 14.8. The standard InChI is InChI=1S/C31H47NO2.C31H49NO2.C29H45NO2.CH4/c1-18(2)32-17-19(3)13-28-29(32)21(5)31(34-28)12-10-24-25-8-7-22-14-23(33)9-11-30(22,6)27(25)15-26(24)20(4)16-31;1-6-13-32-18-19(2)14-28-29(32)21(4)31(34-28)12-10-24-25-8-7-22-15-23(33)9-11-30(22,5)27(25)16-26(24)20(3)17-31;1-17-12-26-27(30(5)16-17)19(3)29(32-26)11-9-22-23-7-6-20-13-21(31)8-10-28(20,4)25(23)14-24(22)18(2)15-29;/h19,21-22,24-25,27-29H,1,7-17H2,2-6H3;19,21-22,24-25,27-29H,6-18H2,1-5H3;17,19-20,22-23,25-27H,6-16H2,1-5H3;1H4/t2*19-,21+,22+,24-,25-,27-,28+,29-,30-,31-;17-,19+,20+,22-,23-,25-,26+,27-,28-,29-;/m000./s1. The summed E-state index contributed by atoms with van der Waals surface area (Å²) >= 11 is 0. The van der Waals surface area contributed by atoms with Crippen LogP contribution in [0.4, 0.5) is 0 Å². The first-order valence-corrected chi connectivity index (χ1v) is 43.1. The number of allylic oxidation sites excluding steroid dienone is 4. The zero-order valence-electron chi connectivity index (χ0n) is 66.1. The average Bonchev–Trinajstić information content (AvgIpc) is 1.62. The van der Waals surface area contributed by atoms with Gasteiger partial charge in [0.25, 0.3) is 0 Å². The number of piperidine rings is 3. The summed E-state index contributed by atoms with van der Waals surface area (Å²) in [6, 6.07) is 1.71. The maximum atomic E-state index is 12.2. The normalized spacial score (nSPS) is 51.2. The van der Waals surface area contributed by atoms with Crippen molar-refractivity contribution in [3.8, 4) is 0 Å². The summed E-state index contributed by atoms with van der Waals surface area (Å²) in [6.45, 7) is 43.5. The maximum Gasteiger partial charge on any atom is 0.133 e. The van der Waals surface area contributed by atoms with Crippen LogP contribution in [0.25, 0.3) is 0 Å². The number of rotatable bonds is 3. The minimum absolute atomic E-state index is 0. The molecule has 0 unspecified atom stereocenters. The van der Waals surface area contributed by atoms with Gasteiger partial charge in [0, 0.05) is 93.7 Å². The summed E-state index contributed by atoms with van der Waals surface area (Å²) in [4.78, 5) is 44.7. The number of likely N-dealkylation sites (tertiary alicyclic amines) is 3. The number of fused-ring (bicyclic) bond motifs is 18. The van der Waals surface area contributed by atoms with Crippen LogP contribution in [0, 0.1) is 123 Å². The van der Waals surface area contributed by atoms with Gasteiger partial charge in [-0.15, -0.1) is 0 Å². The molecule has 15 fully saturated rings. The lowest BCUT2D eigenvalue weighted by Crippen LogP contribution is -2.52. The van der Waals surface area contributed by atoms with Crippen LogP contribution in [-0.2, 0) is 28.6 Å². The maximum absolute atomic E-state index is 12.2. The number of Topliss-reactive ketones (excluding diaryl/α,β-unsaturated/α-hetero) is 3. The number of likely N-dealkylation sites (N-methyl/N-ethyl adjacent to an activating group) is 1. The second-order valence-electron chi connectivity index (χ2n) is 41.2. The molecule has 6 heterocycles. The molecule has 18 aliphatic rings. The van der Waals surface area contributed by atoms with Gasteiger partial charge in [-0.2, -0.15) is 0 Å². The number of nitrogens with zero attached hydrogens (tertiary/aromatic N) is 3. The molecule has 30 atom stereocenters. The predicted octanol–water partition coefficient (Wildman–Crippen LogP) is 20.4. The van der Waals surface area contributed by atoms with Gasteiger partial charge < -0.3 is 24.0 Å². The first-order chi connectivity index (χ1) is 47.6. The van der Waals surface area contributed by atoms with E-state index in [2.05, 4.69) is 125 Å². The van der Waals surface area contributed by atoms with E-state index in [1.54, 1.807) is 22.3 Å². The van der Waals surface area contributed by atoms with Crippen molar-refractivity contribution < 1.29 is 28.6 Å². The van der Waals surface area contributed by atoms with Crippen LogP contribution in [0.5, 0.6) is 0 Å². The van der Waals surface area contributed by atoms with Crippen molar-refractivity contribution >= 4 is 17.3 Å². The number of ketones is 3. The number of carbonyl (C=O) groups is 3. The number of carbonyl (C=O) groups excluding carboxylic acids is 3. The Bertz CT molecular complexity index is 3290. The number of hydrogen-bond acceptors (Lipinski definition) is 9. The van der Waals surface area contributed by atoms with Crippen molar-refractivity contribution in [1.82, 2.24) is 14.7 Å². The smallest absolute Gasteiger partial charge is 0.133 e. The fraction of sp³-hybridized carbons (Fsp3) is 0.880. The van der Waals surface area contributed by atoms with Crippen LogP contribution in [0.2, 0.25) is 0 Å². The van der Waals surface area contributed by atoms with Crippen molar-refractivity contribution in [2.75, 3.05) is 33.2 Å². The van der Waals surface area contributed by atoms with E-state index >= 15 is 0 Å². The summed E-state index contributed by atoms with van der Waals surface area (Å²) in [5.41, 5.74) is 13.0. The van der Waals surface area contributed by atoms with E-state index in [1.807, 2.05) is 11.1 Å². The van der Waals surface area contributed by atoms with Crippen LogP contribution in [0.3, 0.4) is 0 Å². The molecule has 101 heavy (non-hydrogen) atoms. The molecule has 0 N–H and O–H groups in total. The second-order valence-corrected chi connectivity index (χ2v) is 41.2. The number of ether oxygens (including phenoxy) is 3. The van der Waals surface area contributed by atoms with E-state index in [4.69, 9.17) is 14.2 Å². The molecule has 18 rings (SSSR count). The van der Waals surface area contributed by atoms with Gasteiger partial charge in [0.05, 0.1) is 41.2 Å². The van der Waals surface area contributed by atoms with E-state index < -0.39 is 0 Å². The first kappa shape index (κ1) is 74.1. The van der Waals surface area contributed by atoms with E-state index in [9.17, 15) is 14.4 Å². The molecule has 0 bridgehead atoms. The molecule has 0 aromatic heterocycles. The van der Waals surface area contributed by atoms with Crippen molar-refractivity contribution in [3.63, 3.8) is 0 Å². The lowest BCUT2D eigenvalue weighted by atomic mass is 9.52. The summed E-state index contributed by atoms with van der Waals surface area (Å²) in [5, 5.41) is 0. The minimum Gasteiger partial charge on any atom is -0.369 e. The largest absolute Gasteiger partial charge is 0.369 e. The van der Waals surface area contributed by atoms with Gasteiger partial charge in [0.2, 0.25) is 0 Å². The van der Waals surface area contributed by atoms with Crippen molar-refractivity contribution in [1.29, 1.82) is 0 Å². The zero-order valence-corrected chi connectivity index (χ0v) is 66.1. The molecule has 6 saturated heterocycles. The molecule has 0 amide bonds. The van der Waals surface area contributed by atoms with Crippen LogP contribution >= 0.6 is 0 Å². The van der Waals surface area contributed by atoms with Gasteiger partial charge in [-0.05, 0) is 307 Å². The third-order valence-electron chi connectivity index (χ3n) is 36.0. The lowest BCUT2D eigenvalue weighted by molar-refractivity contribution is -0.130. The van der Waals surface area contributed by atoms with Crippen LogP contribution in [0.15, 0.2) is 45.7 Å². The molecule has 564 valence electrons. The fourth-order valence-electron chi connectivity index (χ4n) is 31.0. The molecular weight excluding hydrogens is 1240 g/mol. The summed E-state index contributed by atoms with van der Waals surface area (Å²) in [7, 11) is 2.33. The highest BCUT2D eigenvalue weighted by Crippen LogP contribution is 2.69. The van der Waals surface area contributed by atoms with E-state index in [0.717, 1.165) is 142 Å². The highest BCUT2D eigenvalue weighted by Gasteiger charge is 2.65. The van der Waals surface area contributed by atoms with Gasteiger partial charge in [-0.1, -0.05) is 117 Å². The first-order valence-electron chi connectivity index (χ1n) is 43.1. The Morgan fingerprint density at radius 1 is 0.465 bits per heavy atom. The van der Waals surface area contributed by atoms with Crippen molar-refractivity contribution in [2.45, 2.75) is 357 Å². The molecule has 0 aromatic carbocycles. The molecule has 3 spiro atoms. The minimum atomic E-state index is 0. The molecule has 9 nitrogen and oxygen atoms in total. The quantitative estimate of drug-likeness (QED) is 0.256. The molecular formula is C92H145N3O6. The predicted molar refractivity (Wildman–Crippen MR) is 410 cm³/mol. The van der Waals surface area contributed by atoms with Gasteiger partial charge >= 0.3 is 0 Å². The lowest BCUT2D eigenvalue weighted by Gasteiger charge is -2.52.